The van der Waals surface area contributed by atoms with Gasteiger partial charge in [-0.1, -0.05) is 34.8 Å². The van der Waals surface area contributed by atoms with E-state index in [0.717, 1.165) is 0 Å². The summed E-state index contributed by atoms with van der Waals surface area (Å²) in [5, 5.41) is 18.1. The molecule has 0 amide bonds. The predicted molar refractivity (Wildman–Crippen MR) is 51.3 cm³/mol. The predicted octanol–water partition coefficient (Wildman–Crippen LogP) is 1.33. The van der Waals surface area contributed by atoms with Crippen molar-refractivity contribution in [3.05, 3.63) is 27.2 Å². The van der Waals surface area contributed by atoms with Crippen LogP contribution in [-0.2, 0) is 0 Å². The minimum Gasteiger partial charge on any atom is -0.423 e. The maximum Gasteiger partial charge on any atom is 0.488 e. The molecule has 6 heteroatoms. The van der Waals surface area contributed by atoms with Crippen LogP contribution in [0.25, 0.3) is 0 Å². The second-order valence-electron chi connectivity index (χ2n) is 2.17. The molecule has 0 bridgehead atoms. The van der Waals surface area contributed by atoms with Crippen molar-refractivity contribution in [2.45, 2.75) is 0 Å². The minimum atomic E-state index is -1.59. The van der Waals surface area contributed by atoms with E-state index in [-0.39, 0.29) is 20.5 Å². The van der Waals surface area contributed by atoms with Crippen LogP contribution >= 0.6 is 34.8 Å². The third-order valence-corrected chi connectivity index (χ3v) is 2.50. The van der Waals surface area contributed by atoms with E-state index in [1.165, 1.54) is 12.1 Å². The Hall–Kier alpha value is 0.0749. The molecule has 1 aromatic rings. The highest BCUT2D eigenvalue weighted by Crippen LogP contribution is 2.28. The smallest absolute Gasteiger partial charge is 0.423 e. The van der Waals surface area contributed by atoms with Crippen molar-refractivity contribution in [3.63, 3.8) is 0 Å². The lowest BCUT2D eigenvalue weighted by molar-refractivity contribution is 0.426. The van der Waals surface area contributed by atoms with Crippen molar-refractivity contribution in [2.24, 2.45) is 0 Å². The molecule has 0 radical (unpaired) electrons. The van der Waals surface area contributed by atoms with Crippen LogP contribution in [0.15, 0.2) is 12.1 Å². The Morgan fingerprint density at radius 1 is 1.00 bits per heavy atom. The highest BCUT2D eigenvalue weighted by Gasteiger charge is 2.14. The number of hydrogen-bond donors (Lipinski definition) is 2. The van der Waals surface area contributed by atoms with E-state index in [4.69, 9.17) is 44.9 Å². The molecule has 0 spiro atoms. The fourth-order valence-electron chi connectivity index (χ4n) is 0.724. The maximum atomic E-state index is 8.76. The average Bonchev–Trinajstić information content (AvgIpc) is 1.99. The lowest BCUT2D eigenvalue weighted by atomic mass is 9.80. The first kappa shape index (κ1) is 10.2. The standard InChI is InChI=1S/C6H4BCl3O2/c8-4-1-3(7(11)12)2-5(9)6(4)10/h1-2,11-12H. The first-order valence-corrected chi connectivity index (χ1v) is 4.16. The zero-order chi connectivity index (χ0) is 9.30. The summed E-state index contributed by atoms with van der Waals surface area (Å²) in [5.41, 5.74) is 0.217. The molecule has 12 heavy (non-hydrogen) atoms. The lowest BCUT2D eigenvalue weighted by Crippen LogP contribution is -2.29. The Morgan fingerprint density at radius 2 is 1.42 bits per heavy atom. The molecule has 0 saturated heterocycles. The van der Waals surface area contributed by atoms with E-state index in [1.807, 2.05) is 0 Å². The summed E-state index contributed by atoms with van der Waals surface area (Å²) in [6, 6.07) is 2.70. The van der Waals surface area contributed by atoms with Crippen LogP contribution in [0.3, 0.4) is 0 Å². The van der Waals surface area contributed by atoms with Gasteiger partial charge in [0.05, 0.1) is 15.1 Å². The fraction of sp³-hybridized carbons (Fsp3) is 0. The highest BCUT2D eigenvalue weighted by molar-refractivity contribution is 6.60. The summed E-state index contributed by atoms with van der Waals surface area (Å²) >= 11 is 16.9. The van der Waals surface area contributed by atoms with Gasteiger partial charge in [0.1, 0.15) is 0 Å². The molecule has 0 aliphatic rings. The Morgan fingerprint density at radius 3 is 1.75 bits per heavy atom. The van der Waals surface area contributed by atoms with Gasteiger partial charge >= 0.3 is 7.12 Å². The van der Waals surface area contributed by atoms with Gasteiger partial charge in [-0.15, -0.1) is 0 Å². The van der Waals surface area contributed by atoms with Crippen molar-refractivity contribution in [1.29, 1.82) is 0 Å². The normalized spacial score (nSPS) is 10.1. The van der Waals surface area contributed by atoms with Gasteiger partial charge in [0.2, 0.25) is 0 Å². The summed E-state index contributed by atoms with van der Waals surface area (Å²) in [6.45, 7) is 0. The molecular formula is C6H4BCl3O2. The molecule has 2 N–H and O–H groups in total. The van der Waals surface area contributed by atoms with E-state index in [2.05, 4.69) is 0 Å². The summed E-state index contributed by atoms with van der Waals surface area (Å²) in [6.07, 6.45) is 0. The molecule has 0 aliphatic heterocycles. The molecule has 2 nitrogen and oxygen atoms in total. The number of hydrogen-bond acceptors (Lipinski definition) is 2. The third-order valence-electron chi connectivity index (χ3n) is 1.30. The van der Waals surface area contributed by atoms with Gasteiger partial charge in [-0.25, -0.2) is 0 Å². The average molecular weight is 225 g/mol. The molecule has 0 saturated carbocycles. The van der Waals surface area contributed by atoms with Gasteiger partial charge in [0, 0.05) is 0 Å². The maximum absolute atomic E-state index is 8.76. The van der Waals surface area contributed by atoms with E-state index in [1.54, 1.807) is 0 Å². The molecular weight excluding hydrogens is 221 g/mol. The van der Waals surface area contributed by atoms with Crippen LogP contribution in [0, 0.1) is 0 Å². The molecule has 1 rings (SSSR count). The second-order valence-corrected chi connectivity index (χ2v) is 3.36. The third kappa shape index (κ3) is 2.06. The molecule has 1 aromatic carbocycles. The monoisotopic (exact) mass is 224 g/mol. The second kappa shape index (κ2) is 3.86. The van der Waals surface area contributed by atoms with Crippen LogP contribution in [0.1, 0.15) is 0 Å². The summed E-state index contributed by atoms with van der Waals surface area (Å²) in [4.78, 5) is 0. The van der Waals surface area contributed by atoms with Crippen molar-refractivity contribution >= 4 is 47.4 Å². The molecule has 0 heterocycles. The Kier molecular flexibility index (Phi) is 3.26. The molecule has 0 aliphatic carbocycles. The van der Waals surface area contributed by atoms with Crippen LogP contribution in [0.4, 0.5) is 0 Å². The van der Waals surface area contributed by atoms with Crippen LogP contribution in [0.2, 0.25) is 15.1 Å². The van der Waals surface area contributed by atoms with Crippen molar-refractivity contribution < 1.29 is 10.0 Å². The number of halogens is 3. The van der Waals surface area contributed by atoms with Gasteiger partial charge in [-0.2, -0.15) is 0 Å². The zero-order valence-corrected chi connectivity index (χ0v) is 8.03. The van der Waals surface area contributed by atoms with Crippen LogP contribution in [-0.4, -0.2) is 17.2 Å². The van der Waals surface area contributed by atoms with Gasteiger partial charge in [0.15, 0.2) is 0 Å². The Bertz CT molecular complexity index is 280. The van der Waals surface area contributed by atoms with E-state index < -0.39 is 7.12 Å². The largest absolute Gasteiger partial charge is 0.488 e. The Labute approximate surface area is 84.8 Å². The number of benzene rings is 1. The quantitative estimate of drug-likeness (QED) is 0.559. The van der Waals surface area contributed by atoms with Crippen LogP contribution in [0.5, 0.6) is 0 Å². The first-order valence-electron chi connectivity index (χ1n) is 3.03. The lowest BCUT2D eigenvalue weighted by Gasteiger charge is -2.03. The van der Waals surface area contributed by atoms with Crippen LogP contribution < -0.4 is 5.46 Å². The van der Waals surface area contributed by atoms with E-state index >= 15 is 0 Å². The summed E-state index contributed by atoms with van der Waals surface area (Å²) in [7, 11) is -1.59. The molecule has 0 atom stereocenters. The topological polar surface area (TPSA) is 40.5 Å². The van der Waals surface area contributed by atoms with Crippen molar-refractivity contribution in [1.82, 2.24) is 0 Å². The van der Waals surface area contributed by atoms with E-state index in [0.29, 0.717) is 0 Å². The van der Waals surface area contributed by atoms with Gasteiger partial charge in [-0.05, 0) is 17.6 Å². The summed E-state index contributed by atoms with van der Waals surface area (Å²) in [5.74, 6) is 0. The molecule has 0 unspecified atom stereocenters. The number of rotatable bonds is 1. The SMILES string of the molecule is OB(O)c1cc(Cl)c(Cl)c(Cl)c1. The van der Waals surface area contributed by atoms with Gasteiger partial charge in [-0.3, -0.25) is 0 Å². The van der Waals surface area contributed by atoms with Gasteiger partial charge in [0.25, 0.3) is 0 Å². The first-order chi connectivity index (χ1) is 5.52. The van der Waals surface area contributed by atoms with Crippen molar-refractivity contribution in [2.75, 3.05) is 0 Å². The Balaban J connectivity index is 3.21. The molecule has 0 fully saturated rings. The van der Waals surface area contributed by atoms with Gasteiger partial charge < -0.3 is 10.0 Å². The summed E-state index contributed by atoms with van der Waals surface area (Å²) < 4.78 is 0. The molecule has 0 aromatic heterocycles. The fourth-order valence-corrected chi connectivity index (χ4v) is 1.34. The highest BCUT2D eigenvalue weighted by atomic mass is 35.5. The minimum absolute atomic E-state index is 0.201. The zero-order valence-electron chi connectivity index (χ0n) is 5.76. The van der Waals surface area contributed by atoms with Crippen molar-refractivity contribution in [3.8, 4) is 0 Å². The van der Waals surface area contributed by atoms with E-state index in [9.17, 15) is 0 Å². The molecule has 64 valence electrons.